The van der Waals surface area contributed by atoms with Crippen LogP contribution in [0.5, 0.6) is 0 Å². The average Bonchev–Trinajstić information content (AvgIpc) is 3.35. The Kier molecular flexibility index (Phi) is 7.76. The zero-order chi connectivity index (χ0) is 20.2. The van der Waals surface area contributed by atoms with Crippen LogP contribution in [0.2, 0.25) is 0 Å². The van der Waals surface area contributed by atoms with Gasteiger partial charge in [-0.3, -0.25) is 9.67 Å². The quantitative estimate of drug-likeness (QED) is 0.306. The number of nitrogens with one attached hydrogen (secondary N) is 2. The SMILES string of the molecule is CCNC(=NCCc1c[nH]c2c(C)cccc12)N1CCOC(c2cnn(C)c2)C1.I. The molecule has 0 saturated carbocycles. The predicted molar refractivity (Wildman–Crippen MR) is 132 cm³/mol. The summed E-state index contributed by atoms with van der Waals surface area (Å²) >= 11 is 0. The summed E-state index contributed by atoms with van der Waals surface area (Å²) < 4.78 is 7.80. The Morgan fingerprint density at radius 2 is 2.27 bits per heavy atom. The number of guanidine groups is 1. The van der Waals surface area contributed by atoms with Gasteiger partial charge in [-0.2, -0.15) is 5.10 Å². The Labute approximate surface area is 194 Å². The Morgan fingerprint density at radius 1 is 1.40 bits per heavy atom. The minimum Gasteiger partial charge on any atom is -0.370 e. The van der Waals surface area contributed by atoms with Crippen molar-refractivity contribution in [1.82, 2.24) is 25.0 Å². The lowest BCUT2D eigenvalue weighted by Gasteiger charge is -2.34. The minimum atomic E-state index is 0. The minimum absolute atomic E-state index is 0. The van der Waals surface area contributed by atoms with Gasteiger partial charge < -0.3 is 19.9 Å². The highest BCUT2D eigenvalue weighted by Crippen LogP contribution is 2.23. The van der Waals surface area contributed by atoms with Gasteiger partial charge in [0, 0.05) is 55.5 Å². The summed E-state index contributed by atoms with van der Waals surface area (Å²) in [4.78, 5) is 10.6. The number of aryl methyl sites for hydroxylation is 2. The summed E-state index contributed by atoms with van der Waals surface area (Å²) in [6.45, 7) is 8.15. The third-order valence-corrected chi connectivity index (χ3v) is 5.45. The first-order valence-electron chi connectivity index (χ1n) is 10.3. The second kappa shape index (κ2) is 10.3. The lowest BCUT2D eigenvalue weighted by atomic mass is 10.1. The third kappa shape index (κ3) is 4.97. The summed E-state index contributed by atoms with van der Waals surface area (Å²) in [5.74, 6) is 0.959. The van der Waals surface area contributed by atoms with E-state index < -0.39 is 0 Å². The summed E-state index contributed by atoms with van der Waals surface area (Å²) in [7, 11) is 1.93. The van der Waals surface area contributed by atoms with Crippen molar-refractivity contribution in [1.29, 1.82) is 0 Å². The molecule has 3 heterocycles. The Balaban J connectivity index is 0.00000256. The van der Waals surface area contributed by atoms with Crippen LogP contribution in [0.25, 0.3) is 10.9 Å². The van der Waals surface area contributed by atoms with Crippen molar-refractivity contribution >= 4 is 40.8 Å². The van der Waals surface area contributed by atoms with Crippen molar-refractivity contribution in [3.63, 3.8) is 0 Å². The molecule has 1 aliphatic heterocycles. The van der Waals surface area contributed by atoms with Crippen molar-refractivity contribution in [3.05, 3.63) is 53.5 Å². The van der Waals surface area contributed by atoms with Gasteiger partial charge in [-0.1, -0.05) is 18.2 Å². The maximum absolute atomic E-state index is 5.98. The molecule has 1 aromatic carbocycles. The van der Waals surface area contributed by atoms with E-state index in [0.29, 0.717) is 6.61 Å². The lowest BCUT2D eigenvalue weighted by Crippen LogP contribution is -2.48. The number of benzene rings is 1. The van der Waals surface area contributed by atoms with Crippen LogP contribution in [0.1, 0.15) is 29.7 Å². The monoisotopic (exact) mass is 522 g/mol. The highest BCUT2D eigenvalue weighted by atomic mass is 127. The van der Waals surface area contributed by atoms with E-state index in [2.05, 4.69) is 58.5 Å². The number of para-hydroxylation sites is 1. The molecule has 162 valence electrons. The van der Waals surface area contributed by atoms with Crippen LogP contribution in [0.4, 0.5) is 0 Å². The van der Waals surface area contributed by atoms with Crippen molar-refractivity contribution in [2.24, 2.45) is 12.0 Å². The van der Waals surface area contributed by atoms with E-state index in [0.717, 1.165) is 44.1 Å². The number of nitrogens with zero attached hydrogens (tertiary/aromatic N) is 4. The van der Waals surface area contributed by atoms with Crippen molar-refractivity contribution < 1.29 is 4.74 Å². The summed E-state index contributed by atoms with van der Waals surface area (Å²) in [6.07, 6.45) is 6.97. The molecule has 1 fully saturated rings. The van der Waals surface area contributed by atoms with Crippen LogP contribution in [0, 0.1) is 6.92 Å². The fourth-order valence-electron chi connectivity index (χ4n) is 3.93. The number of H-pyrrole nitrogens is 1. The molecule has 2 aromatic heterocycles. The molecule has 30 heavy (non-hydrogen) atoms. The van der Waals surface area contributed by atoms with E-state index >= 15 is 0 Å². The molecule has 8 heteroatoms. The van der Waals surface area contributed by atoms with Crippen LogP contribution >= 0.6 is 24.0 Å². The molecule has 1 saturated heterocycles. The maximum atomic E-state index is 5.98. The number of aromatic amines is 1. The second-order valence-corrected chi connectivity index (χ2v) is 7.55. The van der Waals surface area contributed by atoms with E-state index in [1.54, 1.807) is 0 Å². The van der Waals surface area contributed by atoms with Gasteiger partial charge in [0.15, 0.2) is 5.96 Å². The maximum Gasteiger partial charge on any atom is 0.194 e. The zero-order valence-electron chi connectivity index (χ0n) is 17.9. The molecular weight excluding hydrogens is 491 g/mol. The normalized spacial score (nSPS) is 17.2. The first-order chi connectivity index (χ1) is 14.2. The summed E-state index contributed by atoms with van der Waals surface area (Å²) in [6, 6.07) is 6.44. The third-order valence-electron chi connectivity index (χ3n) is 5.45. The molecule has 4 rings (SSSR count). The molecular formula is C22H31IN6O. The molecule has 0 bridgehead atoms. The fraction of sp³-hybridized carbons (Fsp3) is 0.455. The van der Waals surface area contributed by atoms with Gasteiger partial charge in [0.25, 0.3) is 0 Å². The van der Waals surface area contributed by atoms with Crippen molar-refractivity contribution in [2.75, 3.05) is 32.8 Å². The van der Waals surface area contributed by atoms with E-state index in [-0.39, 0.29) is 30.1 Å². The van der Waals surface area contributed by atoms with Gasteiger partial charge in [0.2, 0.25) is 0 Å². The zero-order valence-corrected chi connectivity index (χ0v) is 20.2. The molecule has 2 N–H and O–H groups in total. The molecule has 0 spiro atoms. The molecule has 0 aliphatic carbocycles. The number of halogens is 1. The molecule has 0 radical (unpaired) electrons. The highest BCUT2D eigenvalue weighted by molar-refractivity contribution is 14.0. The fourth-order valence-corrected chi connectivity index (χ4v) is 3.93. The van der Waals surface area contributed by atoms with Gasteiger partial charge in [0.1, 0.15) is 6.10 Å². The number of aromatic nitrogens is 3. The number of fused-ring (bicyclic) bond motifs is 1. The van der Waals surface area contributed by atoms with E-state index in [1.165, 1.54) is 22.0 Å². The topological polar surface area (TPSA) is 70.5 Å². The van der Waals surface area contributed by atoms with E-state index in [9.17, 15) is 0 Å². The lowest BCUT2D eigenvalue weighted by molar-refractivity contribution is -0.00803. The molecule has 3 aromatic rings. The number of hydrogen-bond acceptors (Lipinski definition) is 3. The molecule has 0 amide bonds. The molecule has 1 aliphatic rings. The summed E-state index contributed by atoms with van der Waals surface area (Å²) in [5.41, 5.74) is 4.94. The van der Waals surface area contributed by atoms with Gasteiger partial charge in [0.05, 0.1) is 19.3 Å². The first kappa shape index (κ1) is 22.6. The number of ether oxygens (including phenoxy) is 1. The number of hydrogen-bond donors (Lipinski definition) is 2. The molecule has 7 nitrogen and oxygen atoms in total. The van der Waals surface area contributed by atoms with Crippen molar-refractivity contribution in [3.8, 4) is 0 Å². The van der Waals surface area contributed by atoms with Gasteiger partial charge in [-0.25, -0.2) is 0 Å². The van der Waals surface area contributed by atoms with E-state index in [1.807, 2.05) is 24.1 Å². The van der Waals surface area contributed by atoms with Gasteiger partial charge in [-0.05, 0) is 31.4 Å². The van der Waals surface area contributed by atoms with Crippen LogP contribution in [0.15, 0.2) is 41.8 Å². The predicted octanol–water partition coefficient (Wildman–Crippen LogP) is 3.41. The number of rotatable bonds is 5. The standard InChI is InChI=1S/C22H30N6O.HI/c1-4-23-22(28-10-11-29-20(15-28)18-13-26-27(3)14-18)24-9-8-17-12-25-21-16(2)6-5-7-19(17)21;/h5-7,12-14,20,25H,4,8-11,15H2,1-3H3,(H,23,24);1H. The first-order valence-corrected chi connectivity index (χ1v) is 10.3. The largest absolute Gasteiger partial charge is 0.370 e. The summed E-state index contributed by atoms with van der Waals surface area (Å²) in [5, 5.41) is 9.02. The molecule has 1 atom stereocenters. The second-order valence-electron chi connectivity index (χ2n) is 7.55. The highest BCUT2D eigenvalue weighted by Gasteiger charge is 2.25. The van der Waals surface area contributed by atoms with Crippen LogP contribution in [0.3, 0.4) is 0 Å². The Hall–Kier alpha value is -2.07. The Morgan fingerprint density at radius 3 is 3.03 bits per heavy atom. The van der Waals surface area contributed by atoms with Gasteiger partial charge in [-0.15, -0.1) is 24.0 Å². The smallest absolute Gasteiger partial charge is 0.194 e. The van der Waals surface area contributed by atoms with Crippen LogP contribution in [-0.4, -0.2) is 58.4 Å². The van der Waals surface area contributed by atoms with E-state index in [4.69, 9.17) is 9.73 Å². The number of morpholine rings is 1. The Bertz CT molecular complexity index is 995. The van der Waals surface area contributed by atoms with Gasteiger partial charge >= 0.3 is 0 Å². The number of aliphatic imine (C=N–C) groups is 1. The van der Waals surface area contributed by atoms with Crippen LogP contribution < -0.4 is 5.32 Å². The van der Waals surface area contributed by atoms with Crippen molar-refractivity contribution in [2.45, 2.75) is 26.4 Å². The average molecular weight is 522 g/mol. The molecule has 1 unspecified atom stereocenters. The van der Waals surface area contributed by atoms with Crippen LogP contribution in [-0.2, 0) is 18.2 Å².